The molecule has 0 aromatic carbocycles. The van der Waals surface area contributed by atoms with Crippen molar-refractivity contribution in [3.05, 3.63) is 0 Å². The van der Waals surface area contributed by atoms with Crippen LogP contribution in [-0.2, 0) is 0 Å². The highest BCUT2D eigenvalue weighted by Crippen LogP contribution is 2.19. The molecule has 0 heteroatoms. The Morgan fingerprint density at radius 2 is 0.600 bits per heavy atom. The molecule has 0 aliphatic carbocycles. The molecule has 0 fully saturated rings. The average molecular weight is 353 g/mol. The highest BCUT2D eigenvalue weighted by Gasteiger charge is 2.02. The molecule has 25 heavy (non-hydrogen) atoms. The van der Waals surface area contributed by atoms with Crippen molar-refractivity contribution in [1.82, 2.24) is 0 Å². The van der Waals surface area contributed by atoms with Gasteiger partial charge in [0.15, 0.2) is 0 Å². The maximum Gasteiger partial charge on any atom is -0.0443 e. The van der Waals surface area contributed by atoms with Crippen LogP contribution in [0.15, 0.2) is 0 Å². The van der Waals surface area contributed by atoms with Gasteiger partial charge in [-0.05, 0) is 5.92 Å². The molecule has 0 aromatic heterocycles. The van der Waals surface area contributed by atoms with Crippen molar-refractivity contribution < 1.29 is 0 Å². The van der Waals surface area contributed by atoms with Gasteiger partial charge in [-0.15, -0.1) is 0 Å². The summed E-state index contributed by atoms with van der Waals surface area (Å²) in [6, 6.07) is 0. The van der Waals surface area contributed by atoms with Crippen molar-refractivity contribution in [3.63, 3.8) is 0 Å². The first kappa shape index (κ1) is 25.0. The molecule has 0 heterocycles. The number of hydrogen-bond donors (Lipinski definition) is 0. The van der Waals surface area contributed by atoms with Gasteiger partial charge in [0.25, 0.3) is 0 Å². The Hall–Kier alpha value is 0. The predicted molar refractivity (Wildman–Crippen MR) is 117 cm³/mol. The molecule has 0 spiro atoms. The van der Waals surface area contributed by atoms with E-state index in [0.29, 0.717) is 0 Å². The van der Waals surface area contributed by atoms with E-state index in [1.807, 2.05) is 0 Å². The topological polar surface area (TPSA) is 0 Å². The Bertz CT molecular complexity index is 220. The van der Waals surface area contributed by atoms with Crippen LogP contribution in [0.1, 0.15) is 156 Å². The van der Waals surface area contributed by atoms with E-state index in [1.54, 1.807) is 0 Å². The lowest BCUT2D eigenvalue weighted by Crippen LogP contribution is -1.95. The minimum atomic E-state index is 0.971. The Labute approximate surface area is 161 Å². The SMILES string of the molecule is CCCCCCCCCCCCCC(C)CCCCCCCCCC. The molecule has 0 rings (SSSR count). The molecular formula is C25H52. The molecule has 0 aliphatic heterocycles. The molecule has 0 bridgehead atoms. The zero-order chi connectivity index (χ0) is 18.4. The standard InChI is InChI=1S/C25H52/c1-4-6-8-10-12-14-15-16-18-20-22-24-25(3)23-21-19-17-13-11-9-7-5-2/h25H,4-24H2,1-3H3. The summed E-state index contributed by atoms with van der Waals surface area (Å²) in [4.78, 5) is 0. The normalized spacial score (nSPS) is 12.6. The zero-order valence-electron chi connectivity index (χ0n) is 18.4. The third-order valence-electron chi connectivity index (χ3n) is 5.85. The second-order valence-electron chi connectivity index (χ2n) is 8.69. The van der Waals surface area contributed by atoms with E-state index in [4.69, 9.17) is 0 Å². The fraction of sp³-hybridized carbons (Fsp3) is 1.00. The lowest BCUT2D eigenvalue weighted by molar-refractivity contribution is 0.430. The van der Waals surface area contributed by atoms with Gasteiger partial charge in [0.2, 0.25) is 0 Å². The smallest absolute Gasteiger partial charge is 0.0443 e. The fourth-order valence-electron chi connectivity index (χ4n) is 3.93. The predicted octanol–water partition coefficient (Wildman–Crippen LogP) is 9.85. The Morgan fingerprint density at radius 3 is 0.880 bits per heavy atom. The van der Waals surface area contributed by atoms with E-state index in [0.717, 1.165) is 5.92 Å². The van der Waals surface area contributed by atoms with Crippen LogP contribution in [0.2, 0.25) is 0 Å². The largest absolute Gasteiger partial charge is 0.0654 e. The molecule has 0 N–H and O–H groups in total. The van der Waals surface area contributed by atoms with Gasteiger partial charge >= 0.3 is 0 Å². The van der Waals surface area contributed by atoms with Crippen LogP contribution in [0.5, 0.6) is 0 Å². The highest BCUT2D eigenvalue weighted by atomic mass is 14.1. The first-order chi connectivity index (χ1) is 12.3. The summed E-state index contributed by atoms with van der Waals surface area (Å²) in [5.41, 5.74) is 0. The molecule has 0 saturated carbocycles. The van der Waals surface area contributed by atoms with Crippen molar-refractivity contribution in [2.45, 2.75) is 156 Å². The van der Waals surface area contributed by atoms with Crippen molar-refractivity contribution >= 4 is 0 Å². The van der Waals surface area contributed by atoms with E-state index >= 15 is 0 Å². The van der Waals surface area contributed by atoms with Gasteiger partial charge in [-0.1, -0.05) is 156 Å². The van der Waals surface area contributed by atoms with E-state index in [-0.39, 0.29) is 0 Å². The molecule has 0 aromatic rings. The maximum absolute atomic E-state index is 2.48. The minimum Gasteiger partial charge on any atom is -0.0654 e. The van der Waals surface area contributed by atoms with Crippen LogP contribution >= 0.6 is 0 Å². The van der Waals surface area contributed by atoms with Gasteiger partial charge in [0, 0.05) is 0 Å². The number of rotatable bonds is 21. The van der Waals surface area contributed by atoms with Crippen molar-refractivity contribution in [1.29, 1.82) is 0 Å². The summed E-state index contributed by atoms with van der Waals surface area (Å²) in [6.45, 7) is 7.09. The molecule has 1 atom stereocenters. The summed E-state index contributed by atoms with van der Waals surface area (Å²) in [5, 5.41) is 0. The van der Waals surface area contributed by atoms with E-state index in [2.05, 4.69) is 20.8 Å². The maximum atomic E-state index is 2.48. The highest BCUT2D eigenvalue weighted by molar-refractivity contribution is 4.56. The van der Waals surface area contributed by atoms with Gasteiger partial charge in [0.05, 0.1) is 0 Å². The molecule has 1 unspecified atom stereocenters. The van der Waals surface area contributed by atoms with Gasteiger partial charge in [-0.2, -0.15) is 0 Å². The van der Waals surface area contributed by atoms with Crippen LogP contribution < -0.4 is 0 Å². The number of unbranched alkanes of at least 4 members (excludes halogenated alkanes) is 17. The lowest BCUT2D eigenvalue weighted by atomic mass is 9.95. The van der Waals surface area contributed by atoms with Crippen molar-refractivity contribution in [3.8, 4) is 0 Å². The Morgan fingerprint density at radius 1 is 0.360 bits per heavy atom. The first-order valence-electron chi connectivity index (χ1n) is 12.3. The summed E-state index contributed by atoms with van der Waals surface area (Å²) >= 11 is 0. The van der Waals surface area contributed by atoms with Crippen LogP contribution in [0, 0.1) is 5.92 Å². The van der Waals surface area contributed by atoms with Crippen LogP contribution in [0.25, 0.3) is 0 Å². The second kappa shape index (κ2) is 22.0. The van der Waals surface area contributed by atoms with E-state index in [1.165, 1.54) is 135 Å². The van der Waals surface area contributed by atoms with Crippen molar-refractivity contribution in [2.24, 2.45) is 5.92 Å². The molecule has 0 aliphatic rings. The van der Waals surface area contributed by atoms with E-state index in [9.17, 15) is 0 Å². The number of hydrogen-bond acceptors (Lipinski definition) is 0. The summed E-state index contributed by atoms with van der Waals surface area (Å²) in [7, 11) is 0. The zero-order valence-corrected chi connectivity index (χ0v) is 18.4. The van der Waals surface area contributed by atoms with Crippen LogP contribution in [-0.4, -0.2) is 0 Å². The molecule has 0 radical (unpaired) electrons. The Kier molecular flexibility index (Phi) is 22.0. The van der Waals surface area contributed by atoms with Gasteiger partial charge in [0.1, 0.15) is 0 Å². The van der Waals surface area contributed by atoms with Gasteiger partial charge < -0.3 is 0 Å². The van der Waals surface area contributed by atoms with Gasteiger partial charge in [-0.3, -0.25) is 0 Å². The third-order valence-corrected chi connectivity index (χ3v) is 5.85. The first-order valence-corrected chi connectivity index (χ1v) is 12.3. The Balaban J connectivity index is 3.11. The molecule has 0 amide bonds. The molecule has 152 valence electrons. The van der Waals surface area contributed by atoms with Crippen LogP contribution in [0.4, 0.5) is 0 Å². The van der Waals surface area contributed by atoms with Crippen molar-refractivity contribution in [2.75, 3.05) is 0 Å². The summed E-state index contributed by atoms with van der Waals surface area (Å²) in [5.74, 6) is 0.971. The lowest BCUT2D eigenvalue weighted by Gasteiger charge is -2.11. The van der Waals surface area contributed by atoms with Gasteiger partial charge in [-0.25, -0.2) is 0 Å². The minimum absolute atomic E-state index is 0.971. The fourth-order valence-corrected chi connectivity index (χ4v) is 3.93. The average Bonchev–Trinajstić information content (AvgIpc) is 2.62. The molecule has 0 nitrogen and oxygen atoms in total. The quantitative estimate of drug-likeness (QED) is 0.180. The summed E-state index contributed by atoms with van der Waals surface area (Å²) < 4.78 is 0. The van der Waals surface area contributed by atoms with Crippen LogP contribution in [0.3, 0.4) is 0 Å². The molecular weight excluding hydrogens is 300 g/mol. The third kappa shape index (κ3) is 22.0. The molecule has 0 saturated heterocycles. The summed E-state index contributed by atoms with van der Waals surface area (Å²) in [6.07, 6.45) is 30.8. The van der Waals surface area contributed by atoms with E-state index < -0.39 is 0 Å². The second-order valence-corrected chi connectivity index (χ2v) is 8.69. The monoisotopic (exact) mass is 352 g/mol.